The van der Waals surface area contributed by atoms with Gasteiger partial charge in [-0.1, -0.05) is 36.4 Å². The Kier molecular flexibility index (Phi) is 13.7. The van der Waals surface area contributed by atoms with E-state index >= 15 is 0 Å². The quantitative estimate of drug-likeness (QED) is 0.187. The molecule has 0 bridgehead atoms. The van der Waals surface area contributed by atoms with E-state index in [4.69, 9.17) is 14.2 Å². The SMILES string of the molecule is CN=C(NCCCCOCc1ccccc1)N(C)CCc1ccc(OC)c(OC)c1.I. The number of hydrogen-bond donors (Lipinski definition) is 1. The van der Waals surface area contributed by atoms with E-state index in [1.807, 2.05) is 37.4 Å². The summed E-state index contributed by atoms with van der Waals surface area (Å²) in [5.74, 6) is 2.41. The molecule has 2 aromatic rings. The van der Waals surface area contributed by atoms with Gasteiger partial charge in [0.25, 0.3) is 0 Å². The number of unbranched alkanes of at least 4 members (excludes halogenated alkanes) is 1. The van der Waals surface area contributed by atoms with Gasteiger partial charge in [0.05, 0.1) is 20.8 Å². The monoisotopic (exact) mass is 541 g/mol. The summed E-state index contributed by atoms with van der Waals surface area (Å²) in [5.41, 5.74) is 2.41. The number of ether oxygens (including phenoxy) is 3. The van der Waals surface area contributed by atoms with Gasteiger partial charge in [-0.15, -0.1) is 24.0 Å². The van der Waals surface area contributed by atoms with E-state index in [0.29, 0.717) is 6.61 Å². The molecule has 7 heteroatoms. The fourth-order valence-corrected chi connectivity index (χ4v) is 3.12. The van der Waals surface area contributed by atoms with Gasteiger partial charge in [0.15, 0.2) is 17.5 Å². The first-order valence-electron chi connectivity index (χ1n) is 10.4. The normalized spacial score (nSPS) is 10.9. The van der Waals surface area contributed by atoms with Gasteiger partial charge < -0.3 is 24.4 Å². The predicted molar refractivity (Wildman–Crippen MR) is 138 cm³/mol. The molecule has 0 aliphatic carbocycles. The smallest absolute Gasteiger partial charge is 0.193 e. The molecule has 0 aliphatic heterocycles. The van der Waals surface area contributed by atoms with Gasteiger partial charge in [-0.2, -0.15) is 0 Å². The van der Waals surface area contributed by atoms with Crippen molar-refractivity contribution in [1.82, 2.24) is 10.2 Å². The second kappa shape index (κ2) is 15.8. The van der Waals surface area contributed by atoms with Crippen LogP contribution >= 0.6 is 24.0 Å². The van der Waals surface area contributed by atoms with Crippen molar-refractivity contribution in [3.8, 4) is 11.5 Å². The van der Waals surface area contributed by atoms with E-state index in [0.717, 1.165) is 56.4 Å². The maximum absolute atomic E-state index is 5.74. The lowest BCUT2D eigenvalue weighted by Gasteiger charge is -2.22. The Morgan fingerprint density at radius 2 is 1.71 bits per heavy atom. The summed E-state index contributed by atoms with van der Waals surface area (Å²) in [6.45, 7) is 3.18. The number of nitrogens with zero attached hydrogens (tertiary/aromatic N) is 2. The topological polar surface area (TPSA) is 55.3 Å². The molecule has 2 aromatic carbocycles. The van der Waals surface area contributed by atoms with Gasteiger partial charge in [0, 0.05) is 33.8 Å². The van der Waals surface area contributed by atoms with Crippen LogP contribution < -0.4 is 14.8 Å². The fourth-order valence-electron chi connectivity index (χ4n) is 3.12. The molecule has 172 valence electrons. The zero-order valence-corrected chi connectivity index (χ0v) is 21.4. The largest absolute Gasteiger partial charge is 0.493 e. The van der Waals surface area contributed by atoms with Crippen LogP contribution in [0.5, 0.6) is 11.5 Å². The van der Waals surface area contributed by atoms with Crippen molar-refractivity contribution in [2.75, 3.05) is 48.0 Å². The van der Waals surface area contributed by atoms with E-state index in [-0.39, 0.29) is 24.0 Å². The molecule has 0 amide bonds. The highest BCUT2D eigenvalue weighted by molar-refractivity contribution is 14.0. The number of guanidine groups is 1. The van der Waals surface area contributed by atoms with Gasteiger partial charge in [-0.05, 0) is 42.5 Å². The van der Waals surface area contributed by atoms with E-state index < -0.39 is 0 Å². The average Bonchev–Trinajstić information content (AvgIpc) is 2.79. The zero-order valence-electron chi connectivity index (χ0n) is 19.1. The first kappa shape index (κ1) is 27.0. The Balaban J connectivity index is 0.00000480. The van der Waals surface area contributed by atoms with E-state index in [9.17, 15) is 0 Å². The second-order valence-corrected chi connectivity index (χ2v) is 7.08. The first-order chi connectivity index (χ1) is 14.7. The Labute approximate surface area is 204 Å². The van der Waals surface area contributed by atoms with Crippen LogP contribution in [0, 0.1) is 0 Å². The van der Waals surface area contributed by atoms with Crippen molar-refractivity contribution >= 4 is 29.9 Å². The third kappa shape index (κ3) is 9.78. The summed E-state index contributed by atoms with van der Waals surface area (Å²) in [6, 6.07) is 16.3. The fraction of sp³-hybridized carbons (Fsp3) is 0.458. The van der Waals surface area contributed by atoms with Crippen LogP contribution in [0.3, 0.4) is 0 Å². The number of rotatable bonds is 12. The van der Waals surface area contributed by atoms with Crippen molar-refractivity contribution in [3.63, 3.8) is 0 Å². The molecular formula is C24H36IN3O3. The minimum absolute atomic E-state index is 0. The Hall–Kier alpha value is -2.00. The van der Waals surface area contributed by atoms with Crippen LogP contribution in [0.2, 0.25) is 0 Å². The van der Waals surface area contributed by atoms with E-state index in [1.54, 1.807) is 14.2 Å². The molecule has 0 spiro atoms. The first-order valence-corrected chi connectivity index (χ1v) is 10.4. The van der Waals surface area contributed by atoms with Crippen molar-refractivity contribution in [1.29, 1.82) is 0 Å². The molecule has 0 aromatic heterocycles. The van der Waals surface area contributed by atoms with Crippen LogP contribution in [0.4, 0.5) is 0 Å². The summed E-state index contributed by atoms with van der Waals surface area (Å²) < 4.78 is 16.4. The Bertz CT molecular complexity index is 772. The van der Waals surface area contributed by atoms with Crippen LogP contribution in [0.1, 0.15) is 24.0 Å². The highest BCUT2D eigenvalue weighted by Gasteiger charge is 2.08. The van der Waals surface area contributed by atoms with Gasteiger partial charge in [0.2, 0.25) is 0 Å². The number of nitrogens with one attached hydrogen (secondary N) is 1. The molecule has 0 unspecified atom stereocenters. The minimum Gasteiger partial charge on any atom is -0.493 e. The lowest BCUT2D eigenvalue weighted by atomic mass is 10.1. The van der Waals surface area contributed by atoms with Crippen LogP contribution in [0.25, 0.3) is 0 Å². The van der Waals surface area contributed by atoms with Crippen molar-refractivity contribution in [2.45, 2.75) is 25.9 Å². The molecule has 2 rings (SSSR count). The molecule has 6 nitrogen and oxygen atoms in total. The molecule has 0 radical (unpaired) electrons. The van der Waals surface area contributed by atoms with Gasteiger partial charge in [-0.3, -0.25) is 4.99 Å². The van der Waals surface area contributed by atoms with Crippen molar-refractivity contribution in [2.24, 2.45) is 4.99 Å². The number of hydrogen-bond acceptors (Lipinski definition) is 4. The third-order valence-corrected chi connectivity index (χ3v) is 4.87. The van der Waals surface area contributed by atoms with Gasteiger partial charge in [0.1, 0.15) is 0 Å². The minimum atomic E-state index is 0. The maximum atomic E-state index is 5.74. The zero-order chi connectivity index (χ0) is 21.6. The average molecular weight is 541 g/mol. The number of benzene rings is 2. The van der Waals surface area contributed by atoms with Crippen molar-refractivity contribution in [3.05, 3.63) is 59.7 Å². The number of aliphatic imine (C=N–C) groups is 1. The number of likely N-dealkylation sites (N-methyl/N-ethyl adjacent to an activating group) is 1. The van der Waals surface area contributed by atoms with Gasteiger partial charge >= 0.3 is 0 Å². The molecule has 0 fully saturated rings. The lowest BCUT2D eigenvalue weighted by Crippen LogP contribution is -2.40. The molecule has 1 N–H and O–H groups in total. The molecular weight excluding hydrogens is 505 g/mol. The highest BCUT2D eigenvalue weighted by Crippen LogP contribution is 2.27. The summed E-state index contributed by atoms with van der Waals surface area (Å²) in [5, 5.41) is 3.43. The molecule has 0 heterocycles. The van der Waals surface area contributed by atoms with Crippen LogP contribution in [-0.4, -0.2) is 58.9 Å². The summed E-state index contributed by atoms with van der Waals surface area (Å²) in [7, 11) is 7.18. The molecule has 0 atom stereocenters. The van der Waals surface area contributed by atoms with Crippen molar-refractivity contribution < 1.29 is 14.2 Å². The van der Waals surface area contributed by atoms with Crippen LogP contribution in [0.15, 0.2) is 53.5 Å². The lowest BCUT2D eigenvalue weighted by molar-refractivity contribution is 0.117. The van der Waals surface area contributed by atoms with E-state index in [1.165, 1.54) is 11.1 Å². The highest BCUT2D eigenvalue weighted by atomic mass is 127. The summed E-state index contributed by atoms with van der Waals surface area (Å²) >= 11 is 0. The third-order valence-electron chi connectivity index (χ3n) is 4.87. The Morgan fingerprint density at radius 3 is 2.39 bits per heavy atom. The maximum Gasteiger partial charge on any atom is 0.193 e. The molecule has 31 heavy (non-hydrogen) atoms. The standard InChI is InChI=1S/C24H35N3O3.HI/c1-25-24(26-15-8-9-17-30-19-21-10-6-5-7-11-21)27(2)16-14-20-12-13-22(28-3)23(18-20)29-4;/h5-7,10-13,18H,8-9,14-17,19H2,1-4H3,(H,25,26);1H. The van der Waals surface area contributed by atoms with E-state index in [2.05, 4.69) is 40.5 Å². The molecule has 0 saturated carbocycles. The molecule has 0 aliphatic rings. The van der Waals surface area contributed by atoms with Crippen LogP contribution in [-0.2, 0) is 17.8 Å². The predicted octanol–water partition coefficient (Wildman–Crippen LogP) is 4.37. The number of halogens is 1. The molecule has 0 saturated heterocycles. The number of methoxy groups -OCH3 is 2. The summed E-state index contributed by atoms with van der Waals surface area (Å²) in [6.07, 6.45) is 2.95. The summed E-state index contributed by atoms with van der Waals surface area (Å²) in [4.78, 5) is 6.53. The Morgan fingerprint density at radius 1 is 0.968 bits per heavy atom. The second-order valence-electron chi connectivity index (χ2n) is 7.08. The van der Waals surface area contributed by atoms with Gasteiger partial charge in [-0.25, -0.2) is 0 Å².